The van der Waals surface area contributed by atoms with Crippen LogP contribution in [0, 0.1) is 18.3 Å². The molecule has 1 amide bonds. The highest BCUT2D eigenvalue weighted by Gasteiger charge is 2.35. The Labute approximate surface area is 207 Å². The lowest BCUT2D eigenvalue weighted by molar-refractivity contribution is -0.113. The number of nitriles is 1. The predicted molar refractivity (Wildman–Crippen MR) is 138 cm³/mol. The molecule has 1 atom stereocenters. The Bertz CT molecular complexity index is 1290. The smallest absolute Gasteiger partial charge is 0.254 e. The van der Waals surface area contributed by atoms with Crippen LogP contribution in [0.3, 0.4) is 0 Å². The number of hydrogen-bond donors (Lipinski definition) is 2. The fraction of sp³-hybridized carbons (Fsp3) is 0.154. The van der Waals surface area contributed by atoms with Crippen LogP contribution in [0.5, 0.6) is 0 Å². The number of rotatable bonds is 6. The van der Waals surface area contributed by atoms with Gasteiger partial charge in [0.2, 0.25) is 0 Å². The molecule has 0 fully saturated rings. The molecule has 0 spiro atoms. The monoisotopic (exact) mass is 491 g/mol. The van der Waals surface area contributed by atoms with Crippen LogP contribution >= 0.6 is 34.7 Å². The highest BCUT2D eigenvalue weighted by Crippen LogP contribution is 2.43. The highest BCUT2D eigenvalue weighted by molar-refractivity contribution is 8.02. The van der Waals surface area contributed by atoms with E-state index < -0.39 is 5.92 Å². The summed E-state index contributed by atoms with van der Waals surface area (Å²) >= 11 is 9.40. The number of thiophene rings is 1. The molecule has 4 rings (SSSR count). The molecule has 166 valence electrons. The number of dihydropyridines is 1. The lowest BCUT2D eigenvalue weighted by Gasteiger charge is -2.29. The molecule has 0 saturated heterocycles. The van der Waals surface area contributed by atoms with Crippen LogP contribution < -0.4 is 10.6 Å². The van der Waals surface area contributed by atoms with Gasteiger partial charge in [0.25, 0.3) is 5.91 Å². The van der Waals surface area contributed by atoms with Crippen molar-refractivity contribution >= 4 is 46.3 Å². The van der Waals surface area contributed by atoms with Crippen molar-refractivity contribution < 1.29 is 4.79 Å². The van der Waals surface area contributed by atoms with Gasteiger partial charge in [0, 0.05) is 32.6 Å². The molecule has 2 heterocycles. The van der Waals surface area contributed by atoms with E-state index in [1.165, 1.54) is 11.8 Å². The Hall–Kier alpha value is -2.98. The van der Waals surface area contributed by atoms with Crippen LogP contribution in [-0.4, -0.2) is 5.91 Å². The first kappa shape index (κ1) is 23.2. The molecule has 1 aliphatic heterocycles. The number of para-hydroxylation sites is 1. The quantitative estimate of drug-likeness (QED) is 0.390. The second kappa shape index (κ2) is 10.3. The van der Waals surface area contributed by atoms with Gasteiger partial charge in [-0.2, -0.15) is 5.26 Å². The summed E-state index contributed by atoms with van der Waals surface area (Å²) in [5.41, 5.74) is 4.56. The van der Waals surface area contributed by atoms with E-state index in [4.69, 9.17) is 11.6 Å². The van der Waals surface area contributed by atoms with Gasteiger partial charge in [-0.15, -0.1) is 23.1 Å². The summed E-state index contributed by atoms with van der Waals surface area (Å²) in [6.45, 7) is 3.84. The van der Waals surface area contributed by atoms with Gasteiger partial charge in [-0.25, -0.2) is 0 Å². The molecule has 0 unspecified atom stereocenters. The summed E-state index contributed by atoms with van der Waals surface area (Å²) in [7, 11) is 0. The normalized spacial score (nSPS) is 15.8. The van der Waals surface area contributed by atoms with E-state index in [2.05, 4.69) is 16.7 Å². The Morgan fingerprint density at radius 2 is 1.91 bits per heavy atom. The molecule has 1 aliphatic rings. The average Bonchev–Trinajstić information content (AvgIpc) is 3.34. The van der Waals surface area contributed by atoms with Crippen LogP contribution in [-0.2, 0) is 10.5 Å². The van der Waals surface area contributed by atoms with Gasteiger partial charge in [-0.3, -0.25) is 4.79 Å². The maximum Gasteiger partial charge on any atom is 0.254 e. The fourth-order valence-corrected chi connectivity index (χ4v) is 5.96. The van der Waals surface area contributed by atoms with Crippen molar-refractivity contribution in [3.8, 4) is 6.07 Å². The molecule has 2 N–H and O–H groups in total. The van der Waals surface area contributed by atoms with E-state index >= 15 is 0 Å². The number of carbonyl (C=O) groups is 1. The summed E-state index contributed by atoms with van der Waals surface area (Å²) in [6, 6.07) is 21.6. The molecule has 1 aromatic heterocycles. The molecular weight excluding hydrogens is 470 g/mol. The number of allylic oxidation sites excluding steroid dienone is 2. The number of benzene rings is 2. The first-order valence-corrected chi connectivity index (χ1v) is 12.6. The van der Waals surface area contributed by atoms with E-state index in [-0.39, 0.29) is 5.91 Å². The molecule has 4 nitrogen and oxygen atoms in total. The first-order chi connectivity index (χ1) is 16.0. The van der Waals surface area contributed by atoms with Gasteiger partial charge >= 0.3 is 0 Å². The second-order valence-corrected chi connectivity index (χ2v) is 9.99. The van der Waals surface area contributed by atoms with Crippen molar-refractivity contribution in [2.24, 2.45) is 0 Å². The summed E-state index contributed by atoms with van der Waals surface area (Å²) < 4.78 is 0. The zero-order valence-corrected chi connectivity index (χ0v) is 20.6. The lowest BCUT2D eigenvalue weighted by atomic mass is 9.86. The van der Waals surface area contributed by atoms with Crippen molar-refractivity contribution in [2.45, 2.75) is 25.5 Å². The van der Waals surface area contributed by atoms with Crippen LogP contribution in [0.25, 0.3) is 0 Å². The maximum atomic E-state index is 13.5. The Morgan fingerprint density at radius 3 is 2.61 bits per heavy atom. The third kappa shape index (κ3) is 5.01. The number of amides is 1. The predicted octanol–water partition coefficient (Wildman–Crippen LogP) is 6.98. The van der Waals surface area contributed by atoms with Crippen molar-refractivity contribution in [2.75, 3.05) is 5.32 Å². The fourth-order valence-electron chi connectivity index (χ4n) is 3.74. The minimum absolute atomic E-state index is 0.212. The van der Waals surface area contributed by atoms with Crippen LogP contribution in [0.1, 0.15) is 28.8 Å². The van der Waals surface area contributed by atoms with Gasteiger partial charge < -0.3 is 10.6 Å². The van der Waals surface area contributed by atoms with Gasteiger partial charge in [0.15, 0.2) is 0 Å². The van der Waals surface area contributed by atoms with Crippen molar-refractivity contribution in [1.29, 1.82) is 5.26 Å². The Balaban J connectivity index is 1.69. The first-order valence-electron chi connectivity index (χ1n) is 10.4. The third-order valence-electron chi connectivity index (χ3n) is 5.44. The average molecular weight is 492 g/mol. The summed E-state index contributed by atoms with van der Waals surface area (Å²) in [5, 5.41) is 19.9. The minimum atomic E-state index is -0.436. The van der Waals surface area contributed by atoms with Crippen molar-refractivity contribution in [1.82, 2.24) is 5.32 Å². The molecule has 33 heavy (non-hydrogen) atoms. The van der Waals surface area contributed by atoms with Gasteiger partial charge in [-0.05, 0) is 48.6 Å². The number of hydrogen-bond acceptors (Lipinski definition) is 5. The van der Waals surface area contributed by atoms with Crippen LogP contribution in [0.15, 0.2) is 87.9 Å². The maximum absolute atomic E-state index is 13.5. The SMILES string of the molecule is CC1=C(C(=O)Nc2ccccc2C)[C@H](c2cccs2)C(C#N)=C(SCc2ccccc2Cl)N1. The van der Waals surface area contributed by atoms with Crippen molar-refractivity contribution in [3.63, 3.8) is 0 Å². The second-order valence-electron chi connectivity index (χ2n) is 7.62. The third-order valence-corrected chi connectivity index (χ3v) is 7.81. The Kier molecular flexibility index (Phi) is 7.24. The lowest BCUT2D eigenvalue weighted by Crippen LogP contribution is -2.30. The van der Waals surface area contributed by atoms with Gasteiger partial charge in [0.1, 0.15) is 0 Å². The van der Waals surface area contributed by atoms with E-state index in [1.807, 2.05) is 79.9 Å². The van der Waals surface area contributed by atoms with E-state index in [1.54, 1.807) is 11.3 Å². The number of halogens is 1. The van der Waals surface area contributed by atoms with Gasteiger partial charge in [0.05, 0.1) is 22.6 Å². The largest absolute Gasteiger partial charge is 0.353 e. The zero-order valence-electron chi connectivity index (χ0n) is 18.2. The topological polar surface area (TPSA) is 64.9 Å². The molecule has 7 heteroatoms. The number of thioether (sulfide) groups is 1. The van der Waals surface area contributed by atoms with Gasteiger partial charge in [-0.1, -0.05) is 54.1 Å². The molecular formula is C26H22ClN3OS2. The number of anilines is 1. The van der Waals surface area contributed by atoms with E-state index in [0.29, 0.717) is 21.9 Å². The summed E-state index contributed by atoms with van der Waals surface area (Å²) in [4.78, 5) is 14.4. The molecule has 3 aromatic rings. The van der Waals surface area contributed by atoms with Crippen LogP contribution in [0.2, 0.25) is 5.02 Å². The standard InChI is InChI=1S/C26H22ClN3OS2/c1-16-8-3-6-11-21(16)30-25(31)23-17(2)29-26(33-15-18-9-4-5-10-20(18)27)19(14-28)24(23)22-12-7-13-32-22/h3-13,24,29H,15H2,1-2H3,(H,30,31)/t24-/m0/s1. The minimum Gasteiger partial charge on any atom is -0.353 e. The molecule has 2 aromatic carbocycles. The molecule has 0 bridgehead atoms. The van der Waals surface area contributed by atoms with Crippen LogP contribution in [0.4, 0.5) is 5.69 Å². The summed E-state index contributed by atoms with van der Waals surface area (Å²) in [6.07, 6.45) is 0. The Morgan fingerprint density at radius 1 is 1.15 bits per heavy atom. The highest BCUT2D eigenvalue weighted by atomic mass is 35.5. The number of aryl methyl sites for hydroxylation is 1. The number of nitrogens with zero attached hydrogens (tertiary/aromatic N) is 1. The number of carbonyl (C=O) groups excluding carboxylic acids is 1. The molecule has 0 saturated carbocycles. The molecule has 0 aliphatic carbocycles. The molecule has 0 radical (unpaired) electrons. The van der Waals surface area contributed by atoms with Crippen molar-refractivity contribution in [3.05, 3.63) is 109 Å². The number of nitrogens with one attached hydrogen (secondary N) is 2. The zero-order chi connectivity index (χ0) is 23.4. The van der Waals surface area contributed by atoms with E-state index in [9.17, 15) is 10.1 Å². The summed E-state index contributed by atoms with van der Waals surface area (Å²) in [5.74, 6) is -0.0350. The van der Waals surface area contributed by atoms with E-state index in [0.717, 1.165) is 32.4 Å².